The summed E-state index contributed by atoms with van der Waals surface area (Å²) in [5, 5.41) is 0.793. The third-order valence-electron chi connectivity index (χ3n) is 1.49. The van der Waals surface area contributed by atoms with Crippen molar-refractivity contribution < 1.29 is 4.39 Å². The number of fused-ring (bicyclic) bond motifs is 1. The molecule has 0 aliphatic carbocycles. The van der Waals surface area contributed by atoms with Gasteiger partial charge in [0.05, 0.1) is 28.3 Å². The van der Waals surface area contributed by atoms with Crippen LogP contribution >= 0.6 is 11.6 Å². The zero-order valence-electron chi connectivity index (χ0n) is 5.44. The Bertz CT molecular complexity index is 396. The third-order valence-corrected chi connectivity index (χ3v) is 1.79. The van der Waals surface area contributed by atoms with Crippen molar-refractivity contribution in [3.05, 3.63) is 29.4 Å². The largest absolute Gasteiger partial charge is 0.358 e. The number of pyridine rings is 1. The van der Waals surface area contributed by atoms with Crippen molar-refractivity contribution in [1.29, 1.82) is 0 Å². The number of hydrogen-bond donors (Lipinski definition) is 1. The molecule has 0 fully saturated rings. The Kier molecular flexibility index (Phi) is 1.32. The number of aromatic nitrogens is 2. The Balaban J connectivity index is 2.96. The average molecular weight is 171 g/mol. The minimum atomic E-state index is -0.395. The summed E-state index contributed by atoms with van der Waals surface area (Å²) in [5.74, 6) is -0.395. The van der Waals surface area contributed by atoms with Crippen LogP contribution in [0.3, 0.4) is 0 Å². The first-order valence-electron chi connectivity index (χ1n) is 3.05. The van der Waals surface area contributed by atoms with E-state index in [0.717, 1.165) is 6.20 Å². The van der Waals surface area contributed by atoms with Gasteiger partial charge in [0.25, 0.3) is 0 Å². The van der Waals surface area contributed by atoms with Crippen molar-refractivity contribution in [2.75, 3.05) is 0 Å². The van der Waals surface area contributed by atoms with Crippen molar-refractivity contribution >= 4 is 22.5 Å². The molecule has 0 radical (unpaired) electrons. The molecule has 4 heteroatoms. The van der Waals surface area contributed by atoms with Gasteiger partial charge in [-0.05, 0) is 0 Å². The summed E-state index contributed by atoms with van der Waals surface area (Å²) in [7, 11) is 0. The van der Waals surface area contributed by atoms with Crippen LogP contribution < -0.4 is 0 Å². The highest BCUT2D eigenvalue weighted by molar-refractivity contribution is 6.35. The predicted molar refractivity (Wildman–Crippen MR) is 41.1 cm³/mol. The number of nitrogens with one attached hydrogen (secondary N) is 1. The van der Waals surface area contributed by atoms with Gasteiger partial charge in [-0.3, -0.25) is 4.98 Å². The summed E-state index contributed by atoms with van der Waals surface area (Å²) in [4.78, 5) is 6.46. The number of nitrogens with zero attached hydrogens (tertiary/aromatic N) is 1. The molecule has 56 valence electrons. The maximum absolute atomic E-state index is 12.9. The molecule has 0 spiro atoms. The molecular formula is C7H4ClFN2. The van der Waals surface area contributed by atoms with E-state index in [0.29, 0.717) is 15.9 Å². The van der Waals surface area contributed by atoms with Gasteiger partial charge in [0.1, 0.15) is 0 Å². The smallest absolute Gasteiger partial charge is 0.152 e. The molecule has 2 aromatic heterocycles. The van der Waals surface area contributed by atoms with Crippen LogP contribution in [0.1, 0.15) is 0 Å². The van der Waals surface area contributed by atoms with Crippen LogP contribution in [0.2, 0.25) is 5.02 Å². The molecule has 2 rings (SSSR count). The molecule has 2 nitrogen and oxygen atoms in total. The van der Waals surface area contributed by atoms with Crippen LogP contribution in [0.4, 0.5) is 4.39 Å². The van der Waals surface area contributed by atoms with Crippen LogP contribution in [0.15, 0.2) is 18.6 Å². The predicted octanol–water partition coefficient (Wildman–Crippen LogP) is 2.36. The number of rotatable bonds is 0. The molecule has 0 aliphatic heterocycles. The van der Waals surface area contributed by atoms with Gasteiger partial charge >= 0.3 is 0 Å². The minimum Gasteiger partial charge on any atom is -0.358 e. The van der Waals surface area contributed by atoms with E-state index in [-0.39, 0.29) is 0 Å². The second-order valence-electron chi connectivity index (χ2n) is 2.18. The van der Waals surface area contributed by atoms with E-state index in [2.05, 4.69) is 9.97 Å². The topological polar surface area (TPSA) is 28.7 Å². The highest BCUT2D eigenvalue weighted by Crippen LogP contribution is 2.23. The molecule has 2 heterocycles. The zero-order chi connectivity index (χ0) is 7.84. The highest BCUT2D eigenvalue weighted by Gasteiger charge is 2.05. The van der Waals surface area contributed by atoms with Crippen molar-refractivity contribution in [3.63, 3.8) is 0 Å². The Morgan fingerprint density at radius 1 is 1.45 bits per heavy atom. The molecule has 0 atom stereocenters. The van der Waals surface area contributed by atoms with Crippen molar-refractivity contribution in [2.45, 2.75) is 0 Å². The monoisotopic (exact) mass is 170 g/mol. The molecule has 0 aliphatic rings. The van der Waals surface area contributed by atoms with E-state index in [9.17, 15) is 4.39 Å². The Morgan fingerprint density at radius 2 is 2.27 bits per heavy atom. The van der Waals surface area contributed by atoms with Crippen molar-refractivity contribution in [2.24, 2.45) is 0 Å². The van der Waals surface area contributed by atoms with Crippen LogP contribution in [0.5, 0.6) is 0 Å². The number of aromatic amines is 1. The van der Waals surface area contributed by atoms with E-state index in [1.165, 1.54) is 12.4 Å². The van der Waals surface area contributed by atoms with Gasteiger partial charge in [-0.1, -0.05) is 11.6 Å². The van der Waals surface area contributed by atoms with Gasteiger partial charge in [0.15, 0.2) is 5.82 Å². The Hall–Kier alpha value is -1.09. The minimum absolute atomic E-state index is 0.389. The SMILES string of the molecule is Fc1cncc2[nH]cc(Cl)c12. The standard InChI is InChI=1S/C7H4ClFN2/c8-4-1-11-6-3-10-2-5(9)7(4)6/h1-3,11H. The summed E-state index contributed by atoms with van der Waals surface area (Å²) in [6, 6.07) is 0. The molecule has 0 aromatic carbocycles. The van der Waals surface area contributed by atoms with Gasteiger partial charge in [-0.25, -0.2) is 4.39 Å². The molecule has 0 amide bonds. The molecule has 0 bridgehead atoms. The van der Waals surface area contributed by atoms with E-state index >= 15 is 0 Å². The molecule has 2 aromatic rings. The van der Waals surface area contributed by atoms with E-state index in [1.807, 2.05) is 0 Å². The van der Waals surface area contributed by atoms with Crippen LogP contribution in [0, 0.1) is 5.82 Å². The summed E-state index contributed by atoms with van der Waals surface area (Å²) in [6.07, 6.45) is 4.21. The lowest BCUT2D eigenvalue weighted by Crippen LogP contribution is -1.78. The first-order valence-corrected chi connectivity index (χ1v) is 3.43. The first-order chi connectivity index (χ1) is 5.29. The fourth-order valence-corrected chi connectivity index (χ4v) is 1.25. The maximum Gasteiger partial charge on any atom is 0.152 e. The lowest BCUT2D eigenvalue weighted by molar-refractivity contribution is 0.634. The normalized spacial score (nSPS) is 10.7. The number of halogens is 2. The van der Waals surface area contributed by atoms with Gasteiger partial charge in [0.2, 0.25) is 0 Å². The summed E-state index contributed by atoms with van der Waals surface area (Å²) in [6.45, 7) is 0. The van der Waals surface area contributed by atoms with Gasteiger partial charge in [0, 0.05) is 6.20 Å². The fourth-order valence-electron chi connectivity index (χ4n) is 1.00. The van der Waals surface area contributed by atoms with Gasteiger partial charge < -0.3 is 4.98 Å². The second kappa shape index (κ2) is 2.20. The number of hydrogen-bond acceptors (Lipinski definition) is 1. The van der Waals surface area contributed by atoms with Crippen LogP contribution in [-0.4, -0.2) is 9.97 Å². The third kappa shape index (κ3) is 0.886. The highest BCUT2D eigenvalue weighted by atomic mass is 35.5. The maximum atomic E-state index is 12.9. The van der Waals surface area contributed by atoms with Crippen LogP contribution in [-0.2, 0) is 0 Å². The second-order valence-corrected chi connectivity index (χ2v) is 2.59. The van der Waals surface area contributed by atoms with Gasteiger partial charge in [-0.2, -0.15) is 0 Å². The molecule has 0 saturated carbocycles. The number of H-pyrrole nitrogens is 1. The summed E-state index contributed by atoms with van der Waals surface area (Å²) < 4.78 is 12.9. The zero-order valence-corrected chi connectivity index (χ0v) is 6.19. The first kappa shape index (κ1) is 6.61. The molecule has 0 saturated heterocycles. The van der Waals surface area contributed by atoms with Crippen LogP contribution in [0.25, 0.3) is 10.9 Å². The quantitative estimate of drug-likeness (QED) is 0.646. The lowest BCUT2D eigenvalue weighted by atomic mass is 10.3. The van der Waals surface area contributed by atoms with E-state index in [1.54, 1.807) is 0 Å². The summed E-state index contributed by atoms with van der Waals surface area (Å²) >= 11 is 5.68. The fraction of sp³-hybridized carbons (Fsp3) is 0. The molecule has 0 unspecified atom stereocenters. The van der Waals surface area contributed by atoms with Crippen molar-refractivity contribution in [3.8, 4) is 0 Å². The van der Waals surface area contributed by atoms with Crippen molar-refractivity contribution in [1.82, 2.24) is 9.97 Å². The molecule has 1 N–H and O–H groups in total. The lowest BCUT2D eigenvalue weighted by Gasteiger charge is -1.89. The molecule has 11 heavy (non-hydrogen) atoms. The Labute approximate surface area is 67.0 Å². The average Bonchev–Trinajstić information content (AvgIpc) is 2.34. The van der Waals surface area contributed by atoms with E-state index in [4.69, 9.17) is 11.6 Å². The summed E-state index contributed by atoms with van der Waals surface area (Å²) in [5.41, 5.74) is 0.620. The van der Waals surface area contributed by atoms with E-state index < -0.39 is 5.82 Å². The molecular weight excluding hydrogens is 167 g/mol. The Morgan fingerprint density at radius 3 is 3.00 bits per heavy atom. The van der Waals surface area contributed by atoms with Gasteiger partial charge in [-0.15, -0.1) is 0 Å².